The van der Waals surface area contributed by atoms with Crippen molar-refractivity contribution in [3.05, 3.63) is 51.5 Å². The monoisotopic (exact) mass is 343 g/mol. The molecule has 4 heteroatoms. The van der Waals surface area contributed by atoms with E-state index in [0.717, 1.165) is 28.4 Å². The number of furan rings is 1. The van der Waals surface area contributed by atoms with Gasteiger partial charge in [0.2, 0.25) is 0 Å². The molecule has 2 aromatic rings. The lowest BCUT2D eigenvalue weighted by Crippen LogP contribution is -2.12. The molecule has 0 radical (unpaired) electrons. The first-order valence-electron chi connectivity index (χ1n) is 5.36. The van der Waals surface area contributed by atoms with E-state index in [9.17, 15) is 0 Å². The van der Waals surface area contributed by atoms with Gasteiger partial charge in [-0.25, -0.2) is 0 Å². The molecule has 1 N–H and O–H groups in total. The molecule has 0 unspecified atom stereocenters. The Morgan fingerprint density at radius 2 is 2.12 bits per heavy atom. The average Bonchev–Trinajstić information content (AvgIpc) is 2.75. The lowest BCUT2D eigenvalue weighted by Gasteiger charge is -2.05. The molecule has 0 aliphatic heterocycles. The molecule has 2 rings (SSSR count). The summed E-state index contributed by atoms with van der Waals surface area (Å²) in [6.45, 7) is 1.54. The lowest BCUT2D eigenvalue weighted by atomic mass is 10.2. The first-order chi connectivity index (χ1) is 8.28. The summed E-state index contributed by atoms with van der Waals surface area (Å²) >= 11 is 2.16. The van der Waals surface area contributed by atoms with E-state index in [1.54, 1.807) is 7.11 Å². The number of halogens is 1. The molecule has 0 bridgehead atoms. The molecule has 3 nitrogen and oxygen atoms in total. The van der Waals surface area contributed by atoms with Gasteiger partial charge in [0.05, 0.1) is 13.7 Å². The van der Waals surface area contributed by atoms with Crippen LogP contribution in [0.3, 0.4) is 0 Å². The number of hydrogen-bond donors (Lipinski definition) is 1. The van der Waals surface area contributed by atoms with Gasteiger partial charge in [-0.1, -0.05) is 12.1 Å². The maximum Gasteiger partial charge on any atom is 0.164 e. The first kappa shape index (κ1) is 12.4. The molecule has 0 aliphatic carbocycles. The van der Waals surface area contributed by atoms with E-state index in [1.807, 2.05) is 30.3 Å². The van der Waals surface area contributed by atoms with Crippen LogP contribution in [0, 0.1) is 3.77 Å². The second kappa shape index (κ2) is 6.07. The molecule has 90 valence electrons. The second-order valence-electron chi connectivity index (χ2n) is 3.66. The fourth-order valence-corrected chi connectivity index (χ4v) is 2.02. The van der Waals surface area contributed by atoms with Crippen molar-refractivity contribution in [2.45, 2.75) is 13.1 Å². The zero-order valence-electron chi connectivity index (χ0n) is 9.57. The molecule has 1 aromatic carbocycles. The molecule has 0 aliphatic rings. The normalized spacial score (nSPS) is 10.5. The van der Waals surface area contributed by atoms with Gasteiger partial charge >= 0.3 is 0 Å². The van der Waals surface area contributed by atoms with E-state index < -0.39 is 0 Å². The summed E-state index contributed by atoms with van der Waals surface area (Å²) in [4.78, 5) is 0. The highest BCUT2D eigenvalue weighted by Crippen LogP contribution is 2.13. The Balaban J connectivity index is 1.85. The predicted molar refractivity (Wildman–Crippen MR) is 75.0 cm³/mol. The summed E-state index contributed by atoms with van der Waals surface area (Å²) in [5.74, 6) is 1.84. The third-order valence-corrected chi connectivity index (χ3v) is 2.97. The minimum absolute atomic E-state index is 0.736. The molecule has 1 aromatic heterocycles. The van der Waals surface area contributed by atoms with Crippen molar-refractivity contribution in [3.63, 3.8) is 0 Å². The molecular weight excluding hydrogens is 329 g/mol. The van der Waals surface area contributed by atoms with Crippen molar-refractivity contribution in [2.75, 3.05) is 7.11 Å². The summed E-state index contributed by atoms with van der Waals surface area (Å²) in [5.41, 5.74) is 1.20. The number of rotatable bonds is 5. The van der Waals surface area contributed by atoms with Crippen LogP contribution in [0.5, 0.6) is 5.75 Å². The Morgan fingerprint density at radius 1 is 1.24 bits per heavy atom. The smallest absolute Gasteiger partial charge is 0.164 e. The van der Waals surface area contributed by atoms with Crippen LogP contribution in [0.4, 0.5) is 0 Å². The Kier molecular flexibility index (Phi) is 4.44. The number of nitrogens with one attached hydrogen (secondary N) is 1. The highest BCUT2D eigenvalue weighted by atomic mass is 127. The summed E-state index contributed by atoms with van der Waals surface area (Å²) in [7, 11) is 1.68. The standard InChI is InChI=1S/C13H14INO2/c1-16-11-4-2-3-10(7-11)8-15-9-12-5-6-13(14)17-12/h2-7,15H,8-9H2,1H3. The summed E-state index contributed by atoms with van der Waals surface area (Å²) < 4.78 is 11.6. The zero-order chi connectivity index (χ0) is 12.1. The average molecular weight is 343 g/mol. The van der Waals surface area contributed by atoms with Crippen molar-refractivity contribution in [1.29, 1.82) is 0 Å². The van der Waals surface area contributed by atoms with E-state index in [1.165, 1.54) is 5.56 Å². The van der Waals surface area contributed by atoms with Crippen molar-refractivity contribution < 1.29 is 9.15 Å². The molecule has 0 spiro atoms. The van der Waals surface area contributed by atoms with Crippen LogP contribution in [0.15, 0.2) is 40.8 Å². The van der Waals surface area contributed by atoms with Crippen LogP contribution >= 0.6 is 22.6 Å². The van der Waals surface area contributed by atoms with Gasteiger partial charge < -0.3 is 14.5 Å². The predicted octanol–water partition coefficient (Wildman–Crippen LogP) is 3.18. The van der Waals surface area contributed by atoms with Gasteiger partial charge in [-0.05, 0) is 52.4 Å². The highest BCUT2D eigenvalue weighted by molar-refractivity contribution is 14.1. The van der Waals surface area contributed by atoms with Crippen molar-refractivity contribution in [1.82, 2.24) is 5.32 Å². The molecule has 0 atom stereocenters. The fraction of sp³-hybridized carbons (Fsp3) is 0.231. The molecule has 0 fully saturated rings. The Morgan fingerprint density at radius 3 is 2.82 bits per heavy atom. The SMILES string of the molecule is COc1cccc(CNCc2ccc(I)o2)c1. The Bertz CT molecular complexity index is 482. The minimum atomic E-state index is 0.736. The van der Waals surface area contributed by atoms with Crippen molar-refractivity contribution in [2.24, 2.45) is 0 Å². The maximum absolute atomic E-state index is 5.47. The third-order valence-electron chi connectivity index (χ3n) is 2.39. The zero-order valence-corrected chi connectivity index (χ0v) is 11.7. The molecule has 17 heavy (non-hydrogen) atoms. The second-order valence-corrected chi connectivity index (χ2v) is 4.72. The first-order valence-corrected chi connectivity index (χ1v) is 6.43. The molecule has 0 saturated heterocycles. The van der Waals surface area contributed by atoms with Crippen LogP contribution in [0.1, 0.15) is 11.3 Å². The van der Waals surface area contributed by atoms with E-state index in [-0.39, 0.29) is 0 Å². The van der Waals surface area contributed by atoms with E-state index >= 15 is 0 Å². The van der Waals surface area contributed by atoms with Crippen LogP contribution in [0.25, 0.3) is 0 Å². The van der Waals surface area contributed by atoms with Crippen LogP contribution < -0.4 is 10.1 Å². The van der Waals surface area contributed by atoms with E-state index in [0.29, 0.717) is 0 Å². The van der Waals surface area contributed by atoms with Crippen LogP contribution in [-0.2, 0) is 13.1 Å². The maximum atomic E-state index is 5.47. The largest absolute Gasteiger partial charge is 0.497 e. The van der Waals surface area contributed by atoms with Crippen molar-refractivity contribution in [3.8, 4) is 5.75 Å². The number of ether oxygens (including phenoxy) is 1. The van der Waals surface area contributed by atoms with Gasteiger partial charge in [-0.3, -0.25) is 0 Å². The minimum Gasteiger partial charge on any atom is -0.497 e. The lowest BCUT2D eigenvalue weighted by molar-refractivity contribution is 0.414. The fourth-order valence-electron chi connectivity index (χ4n) is 1.56. The van der Waals surface area contributed by atoms with Gasteiger partial charge in [0, 0.05) is 6.54 Å². The number of methoxy groups -OCH3 is 1. The van der Waals surface area contributed by atoms with E-state index in [2.05, 4.69) is 34.0 Å². The topological polar surface area (TPSA) is 34.4 Å². The van der Waals surface area contributed by atoms with Crippen molar-refractivity contribution >= 4 is 22.6 Å². The molecule has 0 amide bonds. The third kappa shape index (κ3) is 3.74. The Hall–Kier alpha value is -1.01. The summed E-state index contributed by atoms with van der Waals surface area (Å²) in [6.07, 6.45) is 0. The summed E-state index contributed by atoms with van der Waals surface area (Å²) in [6, 6.07) is 12.0. The summed E-state index contributed by atoms with van der Waals surface area (Å²) in [5, 5.41) is 3.33. The van der Waals surface area contributed by atoms with Gasteiger partial charge in [0.1, 0.15) is 11.5 Å². The van der Waals surface area contributed by atoms with Gasteiger partial charge in [-0.15, -0.1) is 0 Å². The molecule has 1 heterocycles. The molecule has 0 saturated carbocycles. The van der Waals surface area contributed by atoms with Crippen LogP contribution in [0.2, 0.25) is 0 Å². The van der Waals surface area contributed by atoms with Crippen LogP contribution in [-0.4, -0.2) is 7.11 Å². The quantitative estimate of drug-likeness (QED) is 0.847. The number of hydrogen-bond acceptors (Lipinski definition) is 3. The Labute approximate surface area is 114 Å². The highest BCUT2D eigenvalue weighted by Gasteiger charge is 1.99. The molecular formula is C13H14INO2. The van der Waals surface area contributed by atoms with E-state index in [4.69, 9.17) is 9.15 Å². The van der Waals surface area contributed by atoms with Gasteiger partial charge in [0.25, 0.3) is 0 Å². The van der Waals surface area contributed by atoms with Gasteiger partial charge in [-0.2, -0.15) is 0 Å². The number of benzene rings is 1. The van der Waals surface area contributed by atoms with Gasteiger partial charge in [0.15, 0.2) is 3.77 Å².